The standard InChI is InChI=1S/C45H30N4O/c1-50-45-38-28-36-25-23-34(47-36)26-33-22-24-35(46-33)27-37-39(29-14-6-2-7-15-29)40(30-16-8-3-9-17-30)43(48-37)41(31-18-10-4-11-19-31)44(49-38)42(45)32-20-12-5-13-21-32/h2-28H,1H3. The number of hydrogen-bond acceptors (Lipinski definition) is 5. The molecule has 0 fully saturated rings. The topological polar surface area (TPSA) is 58.7 Å². The maximum atomic E-state index is 6.24. The molecule has 8 bridgehead atoms. The second kappa shape index (κ2) is 12.4. The van der Waals surface area contributed by atoms with Crippen LogP contribution in [0.15, 0.2) is 212 Å². The van der Waals surface area contributed by atoms with Gasteiger partial charge < -0.3 is 4.74 Å². The van der Waals surface area contributed by atoms with Crippen LogP contribution in [0.4, 0.5) is 0 Å². The molecule has 0 unspecified atom stereocenters. The van der Waals surface area contributed by atoms with Crippen LogP contribution in [0.1, 0.15) is 22.3 Å². The largest absolute Gasteiger partial charge is 0.494 e. The Morgan fingerprint density at radius 2 is 0.900 bits per heavy atom. The Morgan fingerprint density at radius 3 is 1.46 bits per heavy atom. The quantitative estimate of drug-likeness (QED) is 0.214. The molecule has 0 saturated carbocycles. The third-order valence-electron chi connectivity index (χ3n) is 9.06. The van der Waals surface area contributed by atoms with Crippen molar-refractivity contribution >= 4 is 45.1 Å². The first-order valence-electron chi connectivity index (χ1n) is 16.6. The van der Waals surface area contributed by atoms with Gasteiger partial charge in [0.15, 0.2) is 5.76 Å². The van der Waals surface area contributed by atoms with Crippen molar-refractivity contribution in [3.8, 4) is 0 Å². The van der Waals surface area contributed by atoms with Gasteiger partial charge in [0.1, 0.15) is 5.71 Å². The van der Waals surface area contributed by atoms with Crippen molar-refractivity contribution in [2.24, 2.45) is 20.0 Å². The minimum Gasteiger partial charge on any atom is -0.494 e. The zero-order valence-corrected chi connectivity index (χ0v) is 27.3. The number of rotatable bonds is 5. The first-order valence-corrected chi connectivity index (χ1v) is 16.6. The Kier molecular flexibility index (Phi) is 7.29. The van der Waals surface area contributed by atoms with E-state index in [2.05, 4.69) is 91.0 Å². The Bertz CT molecular complexity index is 2450. The molecule has 0 atom stereocenters. The van der Waals surface area contributed by atoms with E-state index in [-0.39, 0.29) is 0 Å². The van der Waals surface area contributed by atoms with Crippen molar-refractivity contribution in [2.45, 2.75) is 0 Å². The fourth-order valence-corrected chi connectivity index (χ4v) is 6.90. The van der Waals surface area contributed by atoms with Crippen molar-refractivity contribution in [1.29, 1.82) is 0 Å². The summed E-state index contributed by atoms with van der Waals surface area (Å²) in [5, 5.41) is 0. The minimum absolute atomic E-state index is 0.683. The lowest BCUT2D eigenvalue weighted by molar-refractivity contribution is 0.319. The smallest absolute Gasteiger partial charge is 0.154 e. The molecule has 4 aromatic carbocycles. The number of allylic oxidation sites excluding steroid dienone is 11. The Balaban J connectivity index is 1.45. The molecule has 0 amide bonds. The van der Waals surface area contributed by atoms with E-state index in [9.17, 15) is 0 Å². The molecule has 5 nitrogen and oxygen atoms in total. The average Bonchev–Trinajstić information content (AvgIpc) is 3.96. The maximum absolute atomic E-state index is 6.24. The van der Waals surface area contributed by atoms with Gasteiger partial charge in [-0.05, 0) is 64.8 Å². The van der Waals surface area contributed by atoms with Crippen LogP contribution >= 0.6 is 0 Å². The third-order valence-corrected chi connectivity index (χ3v) is 9.06. The van der Waals surface area contributed by atoms with E-state index >= 15 is 0 Å². The molecule has 0 aliphatic carbocycles. The maximum Gasteiger partial charge on any atom is 0.154 e. The van der Waals surface area contributed by atoms with Gasteiger partial charge in [0, 0.05) is 16.7 Å². The van der Waals surface area contributed by atoms with Gasteiger partial charge in [0.2, 0.25) is 0 Å². The van der Waals surface area contributed by atoms with E-state index in [1.54, 1.807) is 7.11 Å². The number of ether oxygens (including phenoxy) is 1. The van der Waals surface area contributed by atoms with Crippen LogP contribution in [-0.4, -0.2) is 30.0 Å². The van der Waals surface area contributed by atoms with Gasteiger partial charge in [-0.2, -0.15) is 0 Å². The molecule has 5 heteroatoms. The minimum atomic E-state index is 0.683. The number of hydrogen-bond donors (Lipinski definition) is 0. The first kappa shape index (κ1) is 29.4. The second-order valence-corrected chi connectivity index (χ2v) is 12.2. The van der Waals surface area contributed by atoms with Crippen LogP contribution in [0.3, 0.4) is 0 Å². The van der Waals surface area contributed by atoms with E-state index in [1.165, 1.54) is 0 Å². The molecule has 0 saturated heterocycles. The zero-order valence-electron chi connectivity index (χ0n) is 27.3. The molecule has 0 aromatic heterocycles. The predicted octanol–water partition coefficient (Wildman–Crippen LogP) is 9.66. The van der Waals surface area contributed by atoms with Gasteiger partial charge in [0.05, 0.1) is 52.6 Å². The summed E-state index contributed by atoms with van der Waals surface area (Å²) >= 11 is 0. The van der Waals surface area contributed by atoms with E-state index in [0.29, 0.717) is 11.5 Å². The van der Waals surface area contributed by atoms with Crippen LogP contribution in [-0.2, 0) is 4.74 Å². The van der Waals surface area contributed by atoms with Gasteiger partial charge in [-0.3, -0.25) is 0 Å². The molecule has 5 heterocycles. The number of benzene rings is 4. The summed E-state index contributed by atoms with van der Waals surface area (Å²) in [4.78, 5) is 20.9. The molecule has 5 aliphatic rings. The van der Waals surface area contributed by atoms with Crippen molar-refractivity contribution < 1.29 is 4.74 Å². The fourth-order valence-electron chi connectivity index (χ4n) is 6.90. The Morgan fingerprint density at radius 1 is 0.420 bits per heavy atom. The van der Waals surface area contributed by atoms with E-state index in [1.807, 2.05) is 72.9 Å². The van der Waals surface area contributed by atoms with Crippen molar-refractivity contribution in [3.63, 3.8) is 0 Å². The van der Waals surface area contributed by atoms with Crippen molar-refractivity contribution in [1.82, 2.24) is 0 Å². The number of methoxy groups -OCH3 is 1. The summed E-state index contributed by atoms with van der Waals surface area (Å²) in [6.07, 6.45) is 14.1. The number of aliphatic imine (C=N–C) groups is 4. The van der Waals surface area contributed by atoms with Crippen molar-refractivity contribution in [3.05, 3.63) is 215 Å². The molecular weight excluding hydrogens is 613 g/mol. The third kappa shape index (κ3) is 5.22. The Hall–Kier alpha value is -6.72. The second-order valence-electron chi connectivity index (χ2n) is 12.2. The molecule has 9 rings (SSSR count). The SMILES string of the molecule is COC1=C(c2ccccc2)C2=C(c3ccccc3)C3=NC(=CC4=NC(=CC5=NC(=CC1=N2)C=C5)C=C4)C(c1ccccc1)=C3c1ccccc1. The summed E-state index contributed by atoms with van der Waals surface area (Å²) in [7, 11) is 1.71. The van der Waals surface area contributed by atoms with Crippen LogP contribution in [0.25, 0.3) is 22.3 Å². The zero-order chi connectivity index (χ0) is 33.4. The van der Waals surface area contributed by atoms with Crippen LogP contribution in [0.5, 0.6) is 0 Å². The molecule has 4 aromatic rings. The van der Waals surface area contributed by atoms with Crippen LogP contribution in [0.2, 0.25) is 0 Å². The van der Waals surface area contributed by atoms with E-state index < -0.39 is 0 Å². The number of fused-ring (bicyclic) bond motifs is 4. The normalized spacial score (nSPS) is 17.7. The molecule has 5 aliphatic heterocycles. The predicted molar refractivity (Wildman–Crippen MR) is 206 cm³/mol. The van der Waals surface area contributed by atoms with Gasteiger partial charge >= 0.3 is 0 Å². The van der Waals surface area contributed by atoms with Crippen LogP contribution in [0, 0.1) is 0 Å². The summed E-state index contributed by atoms with van der Waals surface area (Å²) < 4.78 is 6.24. The van der Waals surface area contributed by atoms with Crippen molar-refractivity contribution in [2.75, 3.05) is 7.11 Å². The van der Waals surface area contributed by atoms with E-state index in [0.717, 1.165) is 84.5 Å². The molecule has 0 spiro atoms. The lowest BCUT2D eigenvalue weighted by Crippen LogP contribution is -2.07. The van der Waals surface area contributed by atoms with Gasteiger partial charge in [0.25, 0.3) is 0 Å². The molecular formula is C45H30N4O. The highest BCUT2D eigenvalue weighted by molar-refractivity contribution is 6.52. The highest BCUT2D eigenvalue weighted by atomic mass is 16.5. The Labute approximate surface area is 290 Å². The summed E-state index contributed by atoms with van der Waals surface area (Å²) in [5.41, 5.74) is 14.4. The van der Waals surface area contributed by atoms with Gasteiger partial charge in [-0.25, -0.2) is 20.0 Å². The highest BCUT2D eigenvalue weighted by Gasteiger charge is 2.35. The van der Waals surface area contributed by atoms with Gasteiger partial charge in [-0.15, -0.1) is 0 Å². The first-order chi connectivity index (χ1) is 24.7. The lowest BCUT2D eigenvalue weighted by atomic mass is 9.85. The highest BCUT2D eigenvalue weighted by Crippen LogP contribution is 2.47. The van der Waals surface area contributed by atoms with Gasteiger partial charge in [-0.1, -0.05) is 121 Å². The van der Waals surface area contributed by atoms with E-state index in [4.69, 9.17) is 24.7 Å². The summed E-state index contributed by atoms with van der Waals surface area (Å²) in [6, 6.07) is 41.8. The molecule has 236 valence electrons. The average molecular weight is 643 g/mol. The summed E-state index contributed by atoms with van der Waals surface area (Å²) in [6.45, 7) is 0. The molecule has 0 radical (unpaired) electrons. The number of nitrogens with zero attached hydrogens (tertiary/aromatic N) is 4. The molecule has 0 N–H and O–H groups in total. The van der Waals surface area contributed by atoms with Crippen LogP contribution < -0.4 is 0 Å². The summed E-state index contributed by atoms with van der Waals surface area (Å²) in [5.74, 6) is 0.683. The lowest BCUT2D eigenvalue weighted by Gasteiger charge is -2.17. The fraction of sp³-hybridized carbons (Fsp3) is 0.0222. The molecule has 50 heavy (non-hydrogen) atoms. The monoisotopic (exact) mass is 642 g/mol.